The maximum atomic E-state index is 13.3. The Labute approximate surface area is 100 Å². The number of carbonyl (C=O) groups excluding carboxylic acids is 1. The number of halogens is 1. The second kappa shape index (κ2) is 6.30. The van der Waals surface area contributed by atoms with Gasteiger partial charge in [0.1, 0.15) is 5.82 Å². The van der Waals surface area contributed by atoms with Gasteiger partial charge in [0.05, 0.1) is 18.1 Å². The normalized spacial score (nSPS) is 12.2. The lowest BCUT2D eigenvalue weighted by molar-refractivity contribution is -0.117. The largest absolute Gasteiger partial charge is 0.326 e. The van der Waals surface area contributed by atoms with Crippen LogP contribution in [0.3, 0.4) is 0 Å². The van der Waals surface area contributed by atoms with Crippen molar-refractivity contribution in [1.29, 1.82) is 0 Å². The van der Waals surface area contributed by atoms with Crippen LogP contribution in [-0.2, 0) is 11.3 Å². The molecule has 1 aromatic heterocycles. The van der Waals surface area contributed by atoms with Crippen molar-refractivity contribution < 1.29 is 9.18 Å². The first-order valence-corrected chi connectivity index (χ1v) is 5.70. The highest BCUT2D eigenvalue weighted by atomic mass is 19.1. The average Bonchev–Trinajstić information content (AvgIpc) is 2.29. The van der Waals surface area contributed by atoms with Gasteiger partial charge >= 0.3 is 0 Å². The quantitative estimate of drug-likeness (QED) is 0.826. The highest BCUT2D eigenvalue weighted by Gasteiger charge is 2.12. The zero-order chi connectivity index (χ0) is 12.8. The van der Waals surface area contributed by atoms with Gasteiger partial charge in [0.25, 0.3) is 0 Å². The first-order valence-electron chi connectivity index (χ1n) is 5.70. The minimum Gasteiger partial charge on any atom is -0.326 e. The molecule has 5 heteroatoms. The highest BCUT2D eigenvalue weighted by Crippen LogP contribution is 2.17. The van der Waals surface area contributed by atoms with E-state index in [1.54, 1.807) is 0 Å². The van der Waals surface area contributed by atoms with Crippen LogP contribution in [0.5, 0.6) is 0 Å². The summed E-state index contributed by atoms with van der Waals surface area (Å²) < 4.78 is 13.3. The van der Waals surface area contributed by atoms with Crippen LogP contribution in [0.15, 0.2) is 12.4 Å². The van der Waals surface area contributed by atoms with Crippen LogP contribution in [0.4, 0.5) is 10.1 Å². The van der Waals surface area contributed by atoms with E-state index in [9.17, 15) is 9.18 Å². The number of nitrogens with zero attached hydrogens (tertiary/aromatic N) is 1. The molecule has 0 unspecified atom stereocenters. The van der Waals surface area contributed by atoms with Crippen molar-refractivity contribution in [3.05, 3.63) is 23.8 Å². The zero-order valence-corrected chi connectivity index (χ0v) is 10.2. The van der Waals surface area contributed by atoms with Gasteiger partial charge in [-0.1, -0.05) is 20.3 Å². The van der Waals surface area contributed by atoms with Crippen LogP contribution in [0.1, 0.15) is 32.3 Å². The molecule has 17 heavy (non-hydrogen) atoms. The Kier molecular flexibility index (Phi) is 5.03. The Morgan fingerprint density at radius 1 is 1.59 bits per heavy atom. The van der Waals surface area contributed by atoms with E-state index in [0.29, 0.717) is 18.0 Å². The molecule has 1 amide bonds. The lowest BCUT2D eigenvalue weighted by atomic mass is 10.0. The smallest absolute Gasteiger partial charge is 0.224 e. The molecule has 0 bridgehead atoms. The van der Waals surface area contributed by atoms with E-state index in [4.69, 9.17) is 5.73 Å². The van der Waals surface area contributed by atoms with Crippen molar-refractivity contribution >= 4 is 11.6 Å². The summed E-state index contributed by atoms with van der Waals surface area (Å²) in [5, 5.41) is 2.65. The van der Waals surface area contributed by atoms with E-state index in [1.165, 1.54) is 6.20 Å². The van der Waals surface area contributed by atoms with Crippen LogP contribution in [0, 0.1) is 11.7 Å². The molecule has 1 aromatic rings. The molecule has 0 spiro atoms. The van der Waals surface area contributed by atoms with Crippen molar-refractivity contribution in [3.8, 4) is 0 Å². The van der Waals surface area contributed by atoms with Crippen molar-refractivity contribution in [2.75, 3.05) is 5.32 Å². The number of carbonyl (C=O) groups is 1. The summed E-state index contributed by atoms with van der Waals surface area (Å²) >= 11 is 0. The number of anilines is 1. The van der Waals surface area contributed by atoms with Crippen molar-refractivity contribution in [2.24, 2.45) is 11.7 Å². The molecule has 1 rings (SSSR count). The Morgan fingerprint density at radius 2 is 2.29 bits per heavy atom. The van der Waals surface area contributed by atoms with Gasteiger partial charge < -0.3 is 11.1 Å². The predicted octanol–water partition coefficient (Wildman–Crippen LogP) is 2.05. The molecule has 1 atom stereocenters. The molecule has 94 valence electrons. The highest BCUT2D eigenvalue weighted by molar-refractivity contribution is 5.91. The fraction of sp³-hybridized carbons (Fsp3) is 0.500. The van der Waals surface area contributed by atoms with Crippen molar-refractivity contribution in [1.82, 2.24) is 4.98 Å². The number of amides is 1. The predicted molar refractivity (Wildman–Crippen MR) is 64.8 cm³/mol. The summed E-state index contributed by atoms with van der Waals surface area (Å²) in [6.07, 6.45) is 3.85. The van der Waals surface area contributed by atoms with E-state index in [2.05, 4.69) is 10.3 Å². The van der Waals surface area contributed by atoms with Crippen molar-refractivity contribution in [3.63, 3.8) is 0 Å². The molecule has 0 fully saturated rings. The molecule has 0 saturated carbocycles. The number of nitrogens with two attached hydrogens (primary N) is 1. The number of aromatic nitrogens is 1. The van der Waals surface area contributed by atoms with Crippen molar-refractivity contribution in [2.45, 2.75) is 33.2 Å². The molecule has 1 heterocycles. The van der Waals surface area contributed by atoms with Crippen LogP contribution >= 0.6 is 0 Å². The Bertz CT molecular complexity index is 395. The van der Waals surface area contributed by atoms with E-state index in [-0.39, 0.29) is 18.0 Å². The Hall–Kier alpha value is -1.49. The third-order valence-electron chi connectivity index (χ3n) is 2.71. The van der Waals surface area contributed by atoms with Gasteiger partial charge in [0.2, 0.25) is 5.91 Å². The van der Waals surface area contributed by atoms with Gasteiger partial charge in [0, 0.05) is 18.5 Å². The third-order valence-corrected chi connectivity index (χ3v) is 2.71. The summed E-state index contributed by atoms with van der Waals surface area (Å²) in [6, 6.07) is 0. The molecule has 0 aromatic carbocycles. The summed E-state index contributed by atoms with van der Waals surface area (Å²) in [5.74, 6) is -0.326. The van der Waals surface area contributed by atoms with Crippen LogP contribution in [-0.4, -0.2) is 10.9 Å². The minimum absolute atomic E-state index is 0.0350. The number of hydrogen-bond acceptors (Lipinski definition) is 3. The van der Waals surface area contributed by atoms with Gasteiger partial charge in [0.15, 0.2) is 0 Å². The standard InChI is InChI=1S/C12H18FN3O/c1-3-8(2)4-12(17)16-11-7-15-6-10(13)9(11)5-14/h6-8H,3-5,14H2,1-2H3,(H,16,17)/t8-/m0/s1. The summed E-state index contributed by atoms with van der Waals surface area (Å²) in [5.41, 5.74) is 6.09. The van der Waals surface area contributed by atoms with Gasteiger partial charge in [-0.3, -0.25) is 9.78 Å². The van der Waals surface area contributed by atoms with Crippen LogP contribution < -0.4 is 11.1 Å². The van der Waals surface area contributed by atoms with Gasteiger partial charge in [-0.05, 0) is 5.92 Å². The molecule has 0 aliphatic rings. The molecule has 0 aliphatic heterocycles. The lowest BCUT2D eigenvalue weighted by Gasteiger charge is -2.12. The molecule has 0 radical (unpaired) electrons. The SMILES string of the molecule is CC[C@H](C)CC(=O)Nc1cncc(F)c1CN. The second-order valence-electron chi connectivity index (χ2n) is 4.12. The molecular formula is C12H18FN3O. The molecule has 4 nitrogen and oxygen atoms in total. The lowest BCUT2D eigenvalue weighted by Crippen LogP contribution is -2.17. The fourth-order valence-electron chi connectivity index (χ4n) is 1.44. The Morgan fingerprint density at radius 3 is 2.88 bits per heavy atom. The summed E-state index contributed by atoms with van der Waals surface area (Å²) in [4.78, 5) is 15.4. The van der Waals surface area contributed by atoms with E-state index in [0.717, 1.165) is 12.6 Å². The summed E-state index contributed by atoms with van der Waals surface area (Å²) in [7, 11) is 0. The topological polar surface area (TPSA) is 68.0 Å². The maximum absolute atomic E-state index is 13.3. The summed E-state index contributed by atoms with van der Waals surface area (Å²) in [6.45, 7) is 4.05. The van der Waals surface area contributed by atoms with Crippen LogP contribution in [0.25, 0.3) is 0 Å². The molecule has 0 aliphatic carbocycles. The van der Waals surface area contributed by atoms with Gasteiger partial charge in [-0.25, -0.2) is 4.39 Å². The van der Waals surface area contributed by atoms with E-state index >= 15 is 0 Å². The maximum Gasteiger partial charge on any atom is 0.224 e. The van der Waals surface area contributed by atoms with Crippen LogP contribution in [0.2, 0.25) is 0 Å². The van der Waals surface area contributed by atoms with E-state index in [1.807, 2.05) is 13.8 Å². The Balaban J connectivity index is 2.74. The van der Waals surface area contributed by atoms with Gasteiger partial charge in [-0.2, -0.15) is 0 Å². The zero-order valence-electron chi connectivity index (χ0n) is 10.2. The number of rotatable bonds is 5. The second-order valence-corrected chi connectivity index (χ2v) is 4.12. The first-order chi connectivity index (χ1) is 8.08. The monoisotopic (exact) mass is 239 g/mol. The average molecular weight is 239 g/mol. The molecule has 0 saturated heterocycles. The molecule has 3 N–H and O–H groups in total. The fourth-order valence-corrected chi connectivity index (χ4v) is 1.44. The third kappa shape index (κ3) is 3.78. The van der Waals surface area contributed by atoms with E-state index < -0.39 is 5.82 Å². The number of hydrogen-bond donors (Lipinski definition) is 2. The first kappa shape index (κ1) is 13.6. The molecular weight excluding hydrogens is 221 g/mol. The van der Waals surface area contributed by atoms with Gasteiger partial charge in [-0.15, -0.1) is 0 Å². The number of nitrogens with one attached hydrogen (secondary N) is 1. The minimum atomic E-state index is -0.492. The number of pyridine rings is 1.